The number of allylic oxidation sites excluding steroid dienone is 3. The van der Waals surface area contributed by atoms with Crippen molar-refractivity contribution in [2.75, 3.05) is 6.61 Å². The lowest BCUT2D eigenvalue weighted by molar-refractivity contribution is -0.134. The van der Waals surface area contributed by atoms with Crippen LogP contribution in [0.5, 0.6) is 0 Å². The van der Waals surface area contributed by atoms with Gasteiger partial charge in [0.15, 0.2) is 5.04 Å². The van der Waals surface area contributed by atoms with Crippen molar-refractivity contribution in [2.45, 2.75) is 26.4 Å². The minimum absolute atomic E-state index is 0.0107. The van der Waals surface area contributed by atoms with Crippen molar-refractivity contribution in [1.82, 2.24) is 0 Å². The highest BCUT2D eigenvalue weighted by Gasteiger charge is 2.31. The average Bonchev–Trinajstić information content (AvgIpc) is 2.36. The molecule has 0 saturated carbocycles. The molecule has 0 aliphatic rings. The minimum Gasteiger partial charge on any atom is -0.461 e. The van der Waals surface area contributed by atoms with Crippen LogP contribution in [0.1, 0.15) is 20.3 Å². The highest BCUT2D eigenvalue weighted by molar-refractivity contribution is 8.18. The van der Waals surface area contributed by atoms with Gasteiger partial charge in [0.05, 0.1) is 6.61 Å². The van der Waals surface area contributed by atoms with Crippen LogP contribution in [0.2, 0.25) is 0 Å². The third-order valence-electron chi connectivity index (χ3n) is 1.97. The number of halogens is 3. The molecule has 0 aromatic carbocycles. The number of alkyl halides is 3. The van der Waals surface area contributed by atoms with Crippen LogP contribution in [-0.2, 0) is 9.53 Å². The zero-order valence-corrected chi connectivity index (χ0v) is 12.1. The molecule has 0 bridgehead atoms. The molecule has 0 aromatic heterocycles. The molecule has 0 heterocycles. The summed E-state index contributed by atoms with van der Waals surface area (Å²) in [6.07, 6.45) is -1.32. The van der Waals surface area contributed by atoms with Crippen molar-refractivity contribution in [3.63, 3.8) is 0 Å². The molecule has 0 atom stereocenters. The highest BCUT2D eigenvalue weighted by Crippen LogP contribution is 2.27. The molecule has 0 rings (SSSR count). The molecule has 0 fully saturated rings. The fourth-order valence-corrected chi connectivity index (χ4v) is 1.52. The van der Waals surface area contributed by atoms with Crippen LogP contribution in [0.25, 0.3) is 0 Å². The molecule has 20 heavy (non-hydrogen) atoms. The number of ether oxygens (including phenoxy) is 1. The molecule has 0 saturated heterocycles. The van der Waals surface area contributed by atoms with Crippen molar-refractivity contribution in [1.29, 1.82) is 0 Å². The van der Waals surface area contributed by atoms with E-state index in [0.29, 0.717) is 0 Å². The van der Waals surface area contributed by atoms with E-state index in [2.05, 4.69) is 11.6 Å². The Labute approximate surface area is 120 Å². The SMILES string of the molecule is C=CS\C(=N/C=C\C=C(/CC)C(F)(F)F)C(=O)OCC. The number of hydrogen-bond acceptors (Lipinski definition) is 4. The number of esters is 1. The van der Waals surface area contributed by atoms with Gasteiger partial charge in [-0.2, -0.15) is 13.2 Å². The third-order valence-corrected chi connectivity index (χ3v) is 2.63. The predicted octanol–water partition coefficient (Wildman–Crippen LogP) is 4.24. The molecule has 0 unspecified atom stereocenters. The molecule has 112 valence electrons. The quantitative estimate of drug-likeness (QED) is 0.330. The molecule has 0 N–H and O–H groups in total. The summed E-state index contributed by atoms with van der Waals surface area (Å²) in [6, 6.07) is 0. The highest BCUT2D eigenvalue weighted by atomic mass is 32.2. The Morgan fingerprint density at radius 3 is 2.50 bits per heavy atom. The predicted molar refractivity (Wildman–Crippen MR) is 75.4 cm³/mol. The molecule has 0 aromatic rings. The lowest BCUT2D eigenvalue weighted by atomic mass is 10.2. The average molecular weight is 307 g/mol. The molecule has 0 spiro atoms. The van der Waals surface area contributed by atoms with E-state index in [1.807, 2.05) is 0 Å². The molecule has 0 radical (unpaired) electrons. The summed E-state index contributed by atoms with van der Waals surface area (Å²) in [5.74, 6) is -0.641. The van der Waals surface area contributed by atoms with Gasteiger partial charge in [-0.15, -0.1) is 0 Å². The van der Waals surface area contributed by atoms with E-state index in [9.17, 15) is 18.0 Å². The molecular formula is C13H16F3NO2S. The topological polar surface area (TPSA) is 38.7 Å². The van der Waals surface area contributed by atoms with E-state index >= 15 is 0 Å². The van der Waals surface area contributed by atoms with Crippen LogP contribution >= 0.6 is 11.8 Å². The summed E-state index contributed by atoms with van der Waals surface area (Å²) in [5.41, 5.74) is -0.669. The Hall–Kier alpha value is -1.50. The van der Waals surface area contributed by atoms with E-state index in [4.69, 9.17) is 4.74 Å². The third kappa shape index (κ3) is 7.18. The molecule has 3 nitrogen and oxygen atoms in total. The van der Waals surface area contributed by atoms with Gasteiger partial charge in [-0.3, -0.25) is 0 Å². The lowest BCUT2D eigenvalue weighted by Gasteiger charge is -2.07. The van der Waals surface area contributed by atoms with Gasteiger partial charge in [-0.1, -0.05) is 31.3 Å². The maximum absolute atomic E-state index is 12.4. The first-order chi connectivity index (χ1) is 9.36. The summed E-state index contributed by atoms with van der Waals surface area (Å²) in [7, 11) is 0. The maximum Gasteiger partial charge on any atom is 0.412 e. The van der Waals surface area contributed by atoms with Crippen LogP contribution in [0.4, 0.5) is 13.2 Å². The van der Waals surface area contributed by atoms with E-state index in [1.54, 1.807) is 6.92 Å². The number of carbonyl (C=O) groups is 1. The van der Waals surface area contributed by atoms with Crippen LogP contribution in [0.15, 0.2) is 40.9 Å². The molecule has 0 aliphatic heterocycles. The van der Waals surface area contributed by atoms with Gasteiger partial charge < -0.3 is 4.74 Å². The number of nitrogens with zero attached hydrogens (tertiary/aromatic N) is 1. The summed E-state index contributed by atoms with van der Waals surface area (Å²) in [4.78, 5) is 15.2. The normalized spacial score (nSPS) is 13.7. The molecular weight excluding hydrogens is 291 g/mol. The number of thioether (sulfide) groups is 1. The largest absolute Gasteiger partial charge is 0.461 e. The van der Waals surface area contributed by atoms with E-state index in [-0.39, 0.29) is 18.1 Å². The summed E-state index contributed by atoms with van der Waals surface area (Å²) < 4.78 is 42.0. The Kier molecular flexibility index (Phi) is 8.71. The van der Waals surface area contributed by atoms with Gasteiger partial charge in [-0.05, 0) is 24.8 Å². The van der Waals surface area contributed by atoms with Crippen molar-refractivity contribution < 1.29 is 22.7 Å². The number of carbonyl (C=O) groups excluding carboxylic acids is 1. The Morgan fingerprint density at radius 1 is 1.40 bits per heavy atom. The van der Waals surface area contributed by atoms with Gasteiger partial charge in [0.1, 0.15) is 0 Å². The molecule has 0 amide bonds. The second kappa shape index (κ2) is 9.41. The first-order valence-electron chi connectivity index (χ1n) is 5.82. The van der Waals surface area contributed by atoms with E-state index < -0.39 is 17.7 Å². The number of rotatable bonds is 5. The fourth-order valence-electron chi connectivity index (χ4n) is 1.09. The fraction of sp³-hybridized carbons (Fsp3) is 0.385. The van der Waals surface area contributed by atoms with E-state index in [0.717, 1.165) is 30.1 Å². The summed E-state index contributed by atoms with van der Waals surface area (Å²) in [6.45, 7) is 6.68. The maximum atomic E-state index is 12.4. The van der Waals surface area contributed by atoms with Crippen LogP contribution in [0, 0.1) is 0 Å². The lowest BCUT2D eigenvalue weighted by Crippen LogP contribution is -2.13. The van der Waals surface area contributed by atoms with E-state index in [1.165, 1.54) is 12.3 Å². The second-order valence-electron chi connectivity index (χ2n) is 3.32. The van der Waals surface area contributed by atoms with Crippen LogP contribution in [0.3, 0.4) is 0 Å². The second-order valence-corrected chi connectivity index (χ2v) is 4.28. The van der Waals surface area contributed by atoms with Gasteiger partial charge >= 0.3 is 12.1 Å². The zero-order valence-electron chi connectivity index (χ0n) is 11.2. The van der Waals surface area contributed by atoms with Gasteiger partial charge in [0.25, 0.3) is 0 Å². The summed E-state index contributed by atoms with van der Waals surface area (Å²) >= 11 is 0.940. The standard InChI is InChI=1S/C13H16F3NO2S/c1-4-10(13(14,15)16)8-7-9-17-11(20-6-3)12(18)19-5-2/h6-9H,3-5H2,1-2H3/b9-7-,10-8+,17-11-. The van der Waals surface area contributed by atoms with Crippen LogP contribution < -0.4 is 0 Å². The Morgan fingerprint density at radius 2 is 2.05 bits per heavy atom. The summed E-state index contributed by atoms with van der Waals surface area (Å²) in [5, 5.41) is 1.39. The van der Waals surface area contributed by atoms with Crippen molar-refractivity contribution in [2.24, 2.45) is 4.99 Å². The molecule has 7 heteroatoms. The first-order valence-corrected chi connectivity index (χ1v) is 6.70. The van der Waals surface area contributed by atoms with Crippen molar-refractivity contribution >= 4 is 22.8 Å². The van der Waals surface area contributed by atoms with Gasteiger partial charge in [-0.25, -0.2) is 9.79 Å². The van der Waals surface area contributed by atoms with Crippen molar-refractivity contribution in [3.05, 3.63) is 35.9 Å². The van der Waals surface area contributed by atoms with Crippen molar-refractivity contribution in [3.8, 4) is 0 Å². The van der Waals surface area contributed by atoms with Gasteiger partial charge in [0.2, 0.25) is 0 Å². The Bertz CT molecular complexity index is 426. The first kappa shape index (κ1) is 18.5. The van der Waals surface area contributed by atoms with Crippen LogP contribution in [-0.4, -0.2) is 23.8 Å². The Balaban J connectivity index is 4.93. The minimum atomic E-state index is -4.36. The van der Waals surface area contributed by atoms with Gasteiger partial charge in [0, 0.05) is 11.8 Å². The zero-order chi connectivity index (χ0) is 15.6. The monoisotopic (exact) mass is 307 g/mol. The number of hydrogen-bond donors (Lipinski definition) is 0. The number of aliphatic imine (C=N–C) groups is 1. The molecule has 0 aliphatic carbocycles. The smallest absolute Gasteiger partial charge is 0.412 e.